The minimum atomic E-state index is -0.302. The molecule has 1 aromatic carbocycles. The first-order valence-corrected chi connectivity index (χ1v) is 7.48. The highest BCUT2D eigenvalue weighted by atomic mass is 19.1. The Balaban J connectivity index is 2.17. The fraction of sp³-hybridized carbons (Fsp3) is 0.500. The fourth-order valence-corrected chi connectivity index (χ4v) is 2.39. The average Bonchev–Trinajstić information content (AvgIpc) is 2.95. The molecular weight excluding hydrogens is 269 g/mol. The van der Waals surface area contributed by atoms with Crippen LogP contribution in [0.5, 0.6) is 0 Å². The van der Waals surface area contributed by atoms with Crippen LogP contribution in [0.25, 0.3) is 11.4 Å². The Morgan fingerprint density at radius 3 is 2.81 bits per heavy atom. The molecule has 4 nitrogen and oxygen atoms in total. The van der Waals surface area contributed by atoms with E-state index in [1.165, 1.54) is 12.1 Å². The Hall–Kier alpha value is -1.75. The van der Waals surface area contributed by atoms with Crippen LogP contribution in [0.2, 0.25) is 0 Å². The van der Waals surface area contributed by atoms with Crippen molar-refractivity contribution in [2.24, 2.45) is 0 Å². The van der Waals surface area contributed by atoms with E-state index in [-0.39, 0.29) is 17.8 Å². The smallest absolute Gasteiger partial charge is 0.231 e. The van der Waals surface area contributed by atoms with E-state index in [4.69, 9.17) is 4.52 Å². The molecule has 0 fully saturated rings. The van der Waals surface area contributed by atoms with Crippen LogP contribution < -0.4 is 5.32 Å². The summed E-state index contributed by atoms with van der Waals surface area (Å²) in [6, 6.07) is 6.49. The standard InChI is InChI=1S/C16H22FN3O/c1-4-9-18-11(3)14(5-2)16-19-15(20-21-16)12-7-6-8-13(17)10-12/h6-8,10-11,14,18H,4-5,9H2,1-3H3. The Bertz CT molecular complexity index is 570. The Kier molecular flexibility index (Phi) is 5.44. The molecule has 2 rings (SSSR count). The molecule has 2 unspecified atom stereocenters. The highest BCUT2D eigenvalue weighted by Gasteiger charge is 2.23. The number of hydrogen-bond acceptors (Lipinski definition) is 4. The molecule has 2 aromatic rings. The van der Waals surface area contributed by atoms with Crippen LogP contribution in [-0.4, -0.2) is 22.7 Å². The number of rotatable bonds is 7. The summed E-state index contributed by atoms with van der Waals surface area (Å²) < 4.78 is 18.6. The summed E-state index contributed by atoms with van der Waals surface area (Å²) in [7, 11) is 0. The molecule has 1 N–H and O–H groups in total. The van der Waals surface area contributed by atoms with Crippen LogP contribution in [-0.2, 0) is 0 Å². The van der Waals surface area contributed by atoms with Crippen molar-refractivity contribution < 1.29 is 8.91 Å². The summed E-state index contributed by atoms with van der Waals surface area (Å²) in [5, 5.41) is 7.43. The van der Waals surface area contributed by atoms with Gasteiger partial charge in [0.25, 0.3) is 0 Å². The molecule has 0 bridgehead atoms. The van der Waals surface area contributed by atoms with Gasteiger partial charge in [-0.05, 0) is 38.4 Å². The zero-order chi connectivity index (χ0) is 15.2. The third-order valence-corrected chi connectivity index (χ3v) is 3.60. The van der Waals surface area contributed by atoms with E-state index in [9.17, 15) is 4.39 Å². The molecule has 5 heteroatoms. The van der Waals surface area contributed by atoms with Crippen LogP contribution in [0.4, 0.5) is 4.39 Å². The van der Waals surface area contributed by atoms with Crippen LogP contribution in [0, 0.1) is 5.82 Å². The molecular formula is C16H22FN3O. The van der Waals surface area contributed by atoms with Crippen molar-refractivity contribution in [2.75, 3.05) is 6.54 Å². The summed E-state index contributed by atoms with van der Waals surface area (Å²) in [6.45, 7) is 7.31. The molecule has 0 amide bonds. The van der Waals surface area contributed by atoms with Crippen LogP contribution in [0.1, 0.15) is 45.4 Å². The van der Waals surface area contributed by atoms with Crippen molar-refractivity contribution >= 4 is 0 Å². The number of nitrogens with one attached hydrogen (secondary N) is 1. The van der Waals surface area contributed by atoms with Gasteiger partial charge in [0, 0.05) is 11.6 Å². The number of hydrogen-bond donors (Lipinski definition) is 1. The van der Waals surface area contributed by atoms with E-state index in [0.717, 1.165) is 19.4 Å². The first-order chi connectivity index (χ1) is 10.2. The number of aromatic nitrogens is 2. The molecule has 0 aliphatic rings. The van der Waals surface area contributed by atoms with Crippen molar-refractivity contribution in [3.05, 3.63) is 36.0 Å². The summed E-state index contributed by atoms with van der Waals surface area (Å²) in [5.41, 5.74) is 0.633. The number of halogens is 1. The third-order valence-electron chi connectivity index (χ3n) is 3.60. The van der Waals surface area contributed by atoms with Gasteiger partial charge >= 0.3 is 0 Å². The molecule has 0 saturated carbocycles. The third kappa shape index (κ3) is 3.88. The van der Waals surface area contributed by atoms with Crippen LogP contribution in [0.15, 0.2) is 28.8 Å². The van der Waals surface area contributed by atoms with Gasteiger partial charge in [-0.1, -0.05) is 31.1 Å². The summed E-state index contributed by atoms with van der Waals surface area (Å²) in [6.07, 6.45) is 1.99. The zero-order valence-corrected chi connectivity index (χ0v) is 12.8. The van der Waals surface area contributed by atoms with E-state index in [1.54, 1.807) is 12.1 Å². The lowest BCUT2D eigenvalue weighted by Crippen LogP contribution is -2.32. The second kappa shape index (κ2) is 7.31. The van der Waals surface area contributed by atoms with E-state index < -0.39 is 0 Å². The summed E-state index contributed by atoms with van der Waals surface area (Å²) in [5.74, 6) is 0.897. The van der Waals surface area contributed by atoms with Gasteiger partial charge < -0.3 is 9.84 Å². The summed E-state index contributed by atoms with van der Waals surface area (Å²) >= 11 is 0. The monoisotopic (exact) mass is 291 g/mol. The van der Waals surface area contributed by atoms with Gasteiger partial charge in [0.15, 0.2) is 0 Å². The van der Waals surface area contributed by atoms with Crippen molar-refractivity contribution in [2.45, 2.75) is 45.6 Å². The largest absolute Gasteiger partial charge is 0.339 e. The van der Waals surface area contributed by atoms with E-state index in [0.29, 0.717) is 17.3 Å². The molecule has 2 atom stereocenters. The van der Waals surface area contributed by atoms with Crippen LogP contribution >= 0.6 is 0 Å². The van der Waals surface area contributed by atoms with Gasteiger partial charge in [0.2, 0.25) is 11.7 Å². The first kappa shape index (κ1) is 15.6. The predicted molar refractivity (Wildman–Crippen MR) is 80.5 cm³/mol. The van der Waals surface area contributed by atoms with E-state index in [1.807, 2.05) is 0 Å². The number of benzene rings is 1. The van der Waals surface area contributed by atoms with Gasteiger partial charge in [-0.2, -0.15) is 4.98 Å². The molecule has 0 saturated heterocycles. The second-order valence-electron chi connectivity index (χ2n) is 5.22. The molecule has 1 heterocycles. The maximum absolute atomic E-state index is 13.3. The second-order valence-corrected chi connectivity index (χ2v) is 5.22. The minimum Gasteiger partial charge on any atom is -0.339 e. The molecule has 0 spiro atoms. The predicted octanol–water partition coefficient (Wildman–Crippen LogP) is 3.76. The van der Waals surface area contributed by atoms with Gasteiger partial charge in [0.05, 0.1) is 5.92 Å². The fourth-order valence-electron chi connectivity index (χ4n) is 2.39. The maximum Gasteiger partial charge on any atom is 0.231 e. The first-order valence-electron chi connectivity index (χ1n) is 7.48. The van der Waals surface area contributed by atoms with E-state index in [2.05, 4.69) is 36.2 Å². The minimum absolute atomic E-state index is 0.159. The lowest BCUT2D eigenvalue weighted by Gasteiger charge is -2.20. The van der Waals surface area contributed by atoms with Gasteiger partial charge in [-0.25, -0.2) is 4.39 Å². The van der Waals surface area contributed by atoms with Gasteiger partial charge in [0.1, 0.15) is 5.82 Å². The molecule has 0 radical (unpaired) electrons. The summed E-state index contributed by atoms with van der Waals surface area (Å²) in [4.78, 5) is 4.44. The van der Waals surface area contributed by atoms with Crippen molar-refractivity contribution in [3.8, 4) is 11.4 Å². The molecule has 1 aromatic heterocycles. The van der Waals surface area contributed by atoms with E-state index >= 15 is 0 Å². The van der Waals surface area contributed by atoms with Crippen molar-refractivity contribution in [1.29, 1.82) is 0 Å². The quantitative estimate of drug-likeness (QED) is 0.844. The van der Waals surface area contributed by atoms with Gasteiger partial charge in [-0.15, -0.1) is 0 Å². The Morgan fingerprint density at radius 2 is 2.14 bits per heavy atom. The highest BCUT2D eigenvalue weighted by Crippen LogP contribution is 2.25. The normalized spacial score (nSPS) is 14.1. The SMILES string of the molecule is CCCNC(C)C(CC)c1nc(-c2cccc(F)c2)no1. The Morgan fingerprint density at radius 1 is 1.33 bits per heavy atom. The van der Waals surface area contributed by atoms with Gasteiger partial charge in [-0.3, -0.25) is 0 Å². The molecule has 114 valence electrons. The zero-order valence-electron chi connectivity index (χ0n) is 12.8. The number of nitrogens with zero attached hydrogens (tertiary/aromatic N) is 2. The molecule has 21 heavy (non-hydrogen) atoms. The molecule has 0 aliphatic carbocycles. The topological polar surface area (TPSA) is 51.0 Å². The van der Waals surface area contributed by atoms with Crippen LogP contribution in [0.3, 0.4) is 0 Å². The lowest BCUT2D eigenvalue weighted by atomic mass is 9.98. The lowest BCUT2D eigenvalue weighted by molar-refractivity contribution is 0.316. The highest BCUT2D eigenvalue weighted by molar-refractivity contribution is 5.53. The average molecular weight is 291 g/mol. The Labute approximate surface area is 124 Å². The maximum atomic E-state index is 13.3. The van der Waals surface area contributed by atoms with Crippen molar-refractivity contribution in [1.82, 2.24) is 15.5 Å². The molecule has 0 aliphatic heterocycles. The van der Waals surface area contributed by atoms with Crippen molar-refractivity contribution in [3.63, 3.8) is 0 Å².